The van der Waals surface area contributed by atoms with Crippen LogP contribution >= 0.6 is 11.3 Å². The summed E-state index contributed by atoms with van der Waals surface area (Å²) in [6.45, 7) is 13.8. The van der Waals surface area contributed by atoms with Gasteiger partial charge in [0.05, 0.1) is 10.7 Å². The molecule has 0 radical (unpaired) electrons. The number of thiazole rings is 1. The van der Waals surface area contributed by atoms with E-state index in [0.29, 0.717) is 5.75 Å². The number of aromatic nitrogens is 1. The molecule has 1 aromatic heterocycles. The molecular weight excluding hydrogens is 316 g/mol. The quantitative estimate of drug-likeness (QED) is 0.830. The first kappa shape index (κ1) is 18.9. The molecule has 0 aliphatic rings. The van der Waals surface area contributed by atoms with E-state index < -0.39 is 0 Å². The van der Waals surface area contributed by atoms with Crippen molar-refractivity contribution in [3.63, 3.8) is 0 Å². The Morgan fingerprint density at radius 3 is 2.04 bits per heavy atom. The molecule has 1 heterocycles. The van der Waals surface area contributed by atoms with Crippen LogP contribution in [0.1, 0.15) is 57.7 Å². The molecular formula is C20H30N2OS. The summed E-state index contributed by atoms with van der Waals surface area (Å²) in [5, 5.41) is 17.3. The highest BCUT2D eigenvalue weighted by molar-refractivity contribution is 7.09. The lowest BCUT2D eigenvalue weighted by molar-refractivity contribution is 0.423. The minimum absolute atomic E-state index is 0.120. The van der Waals surface area contributed by atoms with Crippen LogP contribution < -0.4 is 5.32 Å². The van der Waals surface area contributed by atoms with Gasteiger partial charge in [0.25, 0.3) is 0 Å². The molecule has 1 aromatic carbocycles. The first-order chi connectivity index (χ1) is 11.0. The van der Waals surface area contributed by atoms with Crippen molar-refractivity contribution in [2.75, 3.05) is 13.6 Å². The number of nitrogens with one attached hydrogen (secondary N) is 1. The maximum absolute atomic E-state index is 10.8. The summed E-state index contributed by atoms with van der Waals surface area (Å²) in [6, 6.07) is 4.20. The first-order valence-corrected chi connectivity index (χ1v) is 9.39. The molecule has 3 nitrogen and oxygen atoms in total. The van der Waals surface area contributed by atoms with Gasteiger partial charge in [-0.2, -0.15) is 0 Å². The van der Waals surface area contributed by atoms with Crippen molar-refractivity contribution in [2.24, 2.45) is 0 Å². The zero-order valence-electron chi connectivity index (χ0n) is 15.9. The average molecular weight is 347 g/mol. The van der Waals surface area contributed by atoms with Crippen LogP contribution in [0.4, 0.5) is 0 Å². The third kappa shape index (κ3) is 4.17. The topological polar surface area (TPSA) is 45.2 Å². The van der Waals surface area contributed by atoms with Gasteiger partial charge in [0.15, 0.2) is 0 Å². The summed E-state index contributed by atoms with van der Waals surface area (Å²) in [4.78, 5) is 4.79. The van der Waals surface area contributed by atoms with Crippen molar-refractivity contribution in [2.45, 2.75) is 58.8 Å². The van der Waals surface area contributed by atoms with E-state index >= 15 is 0 Å². The maximum Gasteiger partial charge on any atom is 0.123 e. The number of hydrogen-bond acceptors (Lipinski definition) is 4. The van der Waals surface area contributed by atoms with Crippen LogP contribution in [0.2, 0.25) is 0 Å². The van der Waals surface area contributed by atoms with Gasteiger partial charge in [-0.25, -0.2) is 4.98 Å². The predicted molar refractivity (Wildman–Crippen MR) is 104 cm³/mol. The van der Waals surface area contributed by atoms with Crippen LogP contribution in [-0.2, 0) is 17.3 Å². The number of phenolic OH excluding ortho intramolecular Hbond substituents is 1. The van der Waals surface area contributed by atoms with Crippen molar-refractivity contribution >= 4 is 11.3 Å². The number of likely N-dealkylation sites (N-methyl/N-ethyl adjacent to an activating group) is 1. The first-order valence-electron chi connectivity index (χ1n) is 8.51. The Bertz CT molecular complexity index is 670. The van der Waals surface area contributed by atoms with E-state index in [0.717, 1.165) is 40.4 Å². The molecule has 0 bridgehead atoms. The number of phenols is 1. The van der Waals surface area contributed by atoms with E-state index in [4.69, 9.17) is 4.98 Å². The summed E-state index contributed by atoms with van der Waals surface area (Å²) < 4.78 is 0. The van der Waals surface area contributed by atoms with E-state index in [-0.39, 0.29) is 10.8 Å². The van der Waals surface area contributed by atoms with Crippen molar-refractivity contribution in [1.82, 2.24) is 10.3 Å². The van der Waals surface area contributed by atoms with Gasteiger partial charge in [-0.1, -0.05) is 41.5 Å². The molecule has 0 saturated heterocycles. The zero-order chi connectivity index (χ0) is 18.1. The molecule has 0 aliphatic heterocycles. The van der Waals surface area contributed by atoms with E-state index in [1.807, 2.05) is 7.05 Å². The second-order valence-electron chi connectivity index (χ2n) is 8.40. The number of nitrogens with zero attached hydrogens (tertiary/aromatic N) is 1. The van der Waals surface area contributed by atoms with Crippen molar-refractivity contribution in [1.29, 1.82) is 0 Å². The largest absolute Gasteiger partial charge is 0.507 e. The fourth-order valence-electron chi connectivity index (χ4n) is 2.72. The molecule has 0 unspecified atom stereocenters. The van der Waals surface area contributed by atoms with Gasteiger partial charge in [-0.05, 0) is 30.0 Å². The number of aromatic hydroxyl groups is 1. The Kier molecular flexibility index (Phi) is 5.41. The summed E-state index contributed by atoms with van der Waals surface area (Å²) in [6.07, 6.45) is 0.942. The maximum atomic E-state index is 10.8. The summed E-state index contributed by atoms with van der Waals surface area (Å²) in [5.74, 6) is 0.421. The molecule has 132 valence electrons. The van der Waals surface area contributed by atoms with E-state index in [2.05, 4.69) is 64.4 Å². The van der Waals surface area contributed by atoms with E-state index in [1.54, 1.807) is 11.3 Å². The molecule has 0 spiro atoms. The Morgan fingerprint density at radius 1 is 1.04 bits per heavy atom. The van der Waals surface area contributed by atoms with Gasteiger partial charge in [0, 0.05) is 35.0 Å². The minimum Gasteiger partial charge on any atom is -0.507 e. The standard InChI is InChI=1S/C20H30N2OS/c1-19(2,3)14-10-13(11-15(18(14)23)20(4,5)6)16-12-24-17(22-16)8-9-21-7/h10-12,21,23H,8-9H2,1-7H3. The smallest absolute Gasteiger partial charge is 0.123 e. The van der Waals surface area contributed by atoms with Crippen molar-refractivity contribution in [3.05, 3.63) is 33.6 Å². The second kappa shape index (κ2) is 6.85. The van der Waals surface area contributed by atoms with Gasteiger partial charge in [0.1, 0.15) is 5.75 Å². The van der Waals surface area contributed by atoms with E-state index in [1.165, 1.54) is 0 Å². The molecule has 2 N–H and O–H groups in total. The van der Waals surface area contributed by atoms with Crippen LogP contribution in [0.3, 0.4) is 0 Å². The Labute approximate surface area is 150 Å². The number of rotatable bonds is 4. The second-order valence-corrected chi connectivity index (χ2v) is 9.34. The fourth-order valence-corrected chi connectivity index (χ4v) is 3.52. The van der Waals surface area contributed by atoms with Gasteiger partial charge in [-0.15, -0.1) is 11.3 Å². The summed E-state index contributed by atoms with van der Waals surface area (Å²) in [5.41, 5.74) is 3.82. The number of benzene rings is 1. The third-order valence-corrected chi connectivity index (χ3v) is 5.07. The van der Waals surface area contributed by atoms with Crippen LogP contribution in [0.15, 0.2) is 17.5 Å². The lowest BCUT2D eigenvalue weighted by atomic mass is 9.78. The normalized spacial score (nSPS) is 12.6. The molecule has 24 heavy (non-hydrogen) atoms. The minimum atomic E-state index is -0.120. The van der Waals surface area contributed by atoms with Gasteiger partial charge >= 0.3 is 0 Å². The Balaban J connectivity index is 2.56. The summed E-state index contributed by atoms with van der Waals surface area (Å²) in [7, 11) is 1.96. The monoisotopic (exact) mass is 346 g/mol. The molecule has 2 aromatic rings. The molecule has 0 saturated carbocycles. The van der Waals surface area contributed by atoms with Crippen LogP contribution in [0, 0.1) is 0 Å². The van der Waals surface area contributed by atoms with Gasteiger partial charge in [-0.3, -0.25) is 0 Å². The van der Waals surface area contributed by atoms with Crippen LogP contribution in [0.5, 0.6) is 5.75 Å². The molecule has 0 fully saturated rings. The molecule has 0 aliphatic carbocycles. The predicted octanol–water partition coefficient (Wildman–Crippen LogP) is 4.87. The van der Waals surface area contributed by atoms with E-state index in [9.17, 15) is 5.11 Å². The van der Waals surface area contributed by atoms with Crippen molar-refractivity contribution < 1.29 is 5.11 Å². The Hall–Kier alpha value is -1.39. The van der Waals surface area contributed by atoms with Crippen LogP contribution in [0.25, 0.3) is 11.3 Å². The molecule has 0 atom stereocenters. The zero-order valence-corrected chi connectivity index (χ0v) is 16.8. The number of hydrogen-bond donors (Lipinski definition) is 2. The fraction of sp³-hybridized carbons (Fsp3) is 0.550. The molecule has 2 rings (SSSR count). The van der Waals surface area contributed by atoms with Gasteiger partial charge in [0.2, 0.25) is 0 Å². The highest BCUT2D eigenvalue weighted by Crippen LogP contribution is 2.42. The SMILES string of the molecule is CNCCc1nc(-c2cc(C(C)(C)C)c(O)c(C(C)(C)C)c2)cs1. The van der Waals surface area contributed by atoms with Crippen molar-refractivity contribution in [3.8, 4) is 17.0 Å². The highest BCUT2D eigenvalue weighted by Gasteiger charge is 2.27. The molecule has 0 amide bonds. The Morgan fingerprint density at radius 2 is 1.58 bits per heavy atom. The third-order valence-electron chi connectivity index (χ3n) is 4.16. The van der Waals surface area contributed by atoms with Gasteiger partial charge < -0.3 is 10.4 Å². The van der Waals surface area contributed by atoms with Crippen LogP contribution in [-0.4, -0.2) is 23.7 Å². The highest BCUT2D eigenvalue weighted by atomic mass is 32.1. The lowest BCUT2D eigenvalue weighted by Crippen LogP contribution is -2.17. The average Bonchev–Trinajstić information content (AvgIpc) is 2.91. The summed E-state index contributed by atoms with van der Waals surface area (Å²) >= 11 is 1.70. The molecule has 4 heteroatoms. The lowest BCUT2D eigenvalue weighted by Gasteiger charge is -2.28.